The van der Waals surface area contributed by atoms with Crippen molar-refractivity contribution in [1.82, 2.24) is 0 Å². The minimum Gasteiger partial charge on any atom is -0.309 e. The molecule has 0 aromatic heterocycles. The van der Waals surface area contributed by atoms with E-state index in [2.05, 4.69) is 277 Å². The van der Waals surface area contributed by atoms with Crippen LogP contribution in [0.25, 0.3) is 64.6 Å². The average molecular weight is 877 g/mol. The highest BCUT2D eigenvalue weighted by atomic mass is 15.2. The van der Waals surface area contributed by atoms with Gasteiger partial charge in [-0.25, -0.2) is 0 Å². The lowest BCUT2D eigenvalue weighted by Crippen LogP contribution is -2.29. The quantitative estimate of drug-likeness (QED) is 0.140. The summed E-state index contributed by atoms with van der Waals surface area (Å²) in [6, 6.07) is 99.1. The van der Waals surface area contributed by atoms with Gasteiger partial charge in [-0.3, -0.25) is 0 Å². The highest BCUT2D eigenvalue weighted by Gasteiger charge is 2.46. The van der Waals surface area contributed by atoms with Crippen LogP contribution < -0.4 is 9.80 Å². The van der Waals surface area contributed by atoms with E-state index in [0.717, 1.165) is 34.1 Å². The zero-order valence-corrected chi connectivity index (χ0v) is 37.8. The molecule has 1 aliphatic rings. The number of rotatable bonds is 8. The summed E-state index contributed by atoms with van der Waals surface area (Å²) in [5, 5.41) is 14.6. The Balaban J connectivity index is 1.11. The average Bonchev–Trinajstić information content (AvgIpc) is 3.72. The molecular weight excluding hydrogens is 833 g/mol. The molecule has 0 radical (unpaired) electrons. The zero-order chi connectivity index (χ0) is 45.5. The standard InChI is InChI=1S/C67H44N2/c1-3-27-51(28-4-1)67(52-29-5-2-6-30-52)59-43-53(68(61-35-15-23-45-19-7-11-31-55(45)61)62-36-16-24-46-20-8-12-32-56(46)62)41-49-39-40-50-42-54(44-60(67)66(50)65(49)59)69(63-37-17-25-47-21-9-13-33-57(47)63)64-38-18-26-48-22-10-14-34-58(48)64/h1-44H. The molecule has 0 unspecified atom stereocenters. The van der Waals surface area contributed by atoms with Crippen molar-refractivity contribution in [2.45, 2.75) is 5.41 Å². The van der Waals surface area contributed by atoms with Crippen LogP contribution in [0, 0.1) is 0 Å². The molecule has 1 aliphatic carbocycles. The Bertz CT molecular complexity index is 3710. The SMILES string of the molecule is c1ccc(C2(c3ccccc3)c3cc(N(c4cccc5ccccc45)c4cccc5ccccc45)cc4ccc5cc(N(c6cccc7ccccc67)c6cccc7ccccc67)cc2c5c34)cc1. The Hall–Kier alpha value is -8.98. The summed E-state index contributed by atoms with van der Waals surface area (Å²) in [5.41, 5.74) is 11.1. The Labute approximate surface area is 401 Å². The van der Waals surface area contributed by atoms with Gasteiger partial charge in [0.25, 0.3) is 0 Å². The number of hydrogen-bond acceptors (Lipinski definition) is 2. The normalized spacial score (nSPS) is 12.8. The third-order valence-electron chi connectivity index (χ3n) is 14.8. The number of benzene rings is 13. The van der Waals surface area contributed by atoms with Gasteiger partial charge >= 0.3 is 0 Å². The minimum absolute atomic E-state index is 0.693. The van der Waals surface area contributed by atoms with Gasteiger partial charge in [0.2, 0.25) is 0 Å². The molecule has 69 heavy (non-hydrogen) atoms. The van der Waals surface area contributed by atoms with Crippen LogP contribution in [-0.4, -0.2) is 0 Å². The maximum absolute atomic E-state index is 2.53. The smallest absolute Gasteiger partial charge is 0.0715 e. The van der Waals surface area contributed by atoms with Crippen LogP contribution in [0.5, 0.6) is 0 Å². The van der Waals surface area contributed by atoms with Crippen LogP contribution in [0.4, 0.5) is 34.1 Å². The lowest BCUT2D eigenvalue weighted by atomic mass is 9.67. The summed E-state index contributed by atoms with van der Waals surface area (Å²) in [7, 11) is 0. The molecule has 13 aromatic rings. The van der Waals surface area contributed by atoms with Crippen LogP contribution in [0.3, 0.4) is 0 Å². The Morgan fingerprint density at radius 2 is 0.522 bits per heavy atom. The largest absolute Gasteiger partial charge is 0.309 e. The molecule has 13 aromatic carbocycles. The fourth-order valence-corrected chi connectivity index (χ4v) is 11.9. The first-order valence-corrected chi connectivity index (χ1v) is 23.9. The summed E-state index contributed by atoms with van der Waals surface area (Å²) in [6.07, 6.45) is 0. The summed E-state index contributed by atoms with van der Waals surface area (Å²) in [4.78, 5) is 5.03. The van der Waals surface area contributed by atoms with Gasteiger partial charge in [0, 0.05) is 32.9 Å². The van der Waals surface area contributed by atoms with Gasteiger partial charge < -0.3 is 9.80 Å². The second-order valence-corrected chi connectivity index (χ2v) is 18.4. The fraction of sp³-hybridized carbons (Fsp3) is 0.0149. The van der Waals surface area contributed by atoms with Crippen molar-refractivity contribution in [1.29, 1.82) is 0 Å². The monoisotopic (exact) mass is 876 g/mol. The van der Waals surface area contributed by atoms with Crippen LogP contribution >= 0.6 is 0 Å². The Kier molecular flexibility index (Phi) is 8.84. The molecular formula is C67H44N2. The fourth-order valence-electron chi connectivity index (χ4n) is 11.9. The van der Waals surface area contributed by atoms with E-state index in [0.29, 0.717) is 0 Å². The highest BCUT2D eigenvalue weighted by molar-refractivity contribution is 6.19. The molecule has 0 heterocycles. The van der Waals surface area contributed by atoms with Crippen molar-refractivity contribution in [2.24, 2.45) is 0 Å². The number of anilines is 6. The number of hydrogen-bond donors (Lipinski definition) is 0. The predicted octanol–water partition coefficient (Wildman–Crippen LogP) is 18.2. The molecule has 322 valence electrons. The van der Waals surface area contributed by atoms with Crippen molar-refractivity contribution in [3.8, 4) is 0 Å². The van der Waals surface area contributed by atoms with Crippen molar-refractivity contribution in [2.75, 3.05) is 9.80 Å². The van der Waals surface area contributed by atoms with E-state index in [9.17, 15) is 0 Å². The van der Waals surface area contributed by atoms with Crippen LogP contribution in [0.1, 0.15) is 22.3 Å². The van der Waals surface area contributed by atoms with Gasteiger partial charge in [-0.2, -0.15) is 0 Å². The minimum atomic E-state index is -0.693. The first kappa shape index (κ1) is 39.2. The molecule has 0 amide bonds. The van der Waals surface area contributed by atoms with Gasteiger partial charge in [0.15, 0.2) is 0 Å². The van der Waals surface area contributed by atoms with E-state index in [1.165, 1.54) is 86.9 Å². The van der Waals surface area contributed by atoms with Crippen molar-refractivity contribution >= 4 is 98.8 Å². The van der Waals surface area contributed by atoms with Crippen molar-refractivity contribution in [3.05, 3.63) is 289 Å². The van der Waals surface area contributed by atoms with Gasteiger partial charge in [-0.05, 0) is 114 Å². The first-order chi connectivity index (χ1) is 34.2. The molecule has 0 fully saturated rings. The molecule has 0 saturated heterocycles. The van der Waals surface area contributed by atoms with Gasteiger partial charge in [-0.15, -0.1) is 0 Å². The molecule has 2 heteroatoms. The van der Waals surface area contributed by atoms with E-state index in [-0.39, 0.29) is 0 Å². The summed E-state index contributed by atoms with van der Waals surface area (Å²) in [6.45, 7) is 0. The molecule has 0 aliphatic heterocycles. The number of fused-ring (bicyclic) bond motifs is 4. The van der Waals surface area contributed by atoms with Crippen LogP contribution in [0.15, 0.2) is 267 Å². The summed E-state index contributed by atoms with van der Waals surface area (Å²) >= 11 is 0. The first-order valence-electron chi connectivity index (χ1n) is 23.9. The van der Waals surface area contributed by atoms with E-state index >= 15 is 0 Å². The third-order valence-corrected chi connectivity index (χ3v) is 14.8. The summed E-state index contributed by atoms with van der Waals surface area (Å²) in [5.74, 6) is 0. The lowest BCUT2D eigenvalue weighted by molar-refractivity contribution is 0.771. The zero-order valence-electron chi connectivity index (χ0n) is 37.8. The second kappa shape index (κ2) is 15.6. The summed E-state index contributed by atoms with van der Waals surface area (Å²) < 4.78 is 0. The van der Waals surface area contributed by atoms with Crippen LogP contribution in [0.2, 0.25) is 0 Å². The van der Waals surface area contributed by atoms with Gasteiger partial charge in [0.1, 0.15) is 0 Å². The van der Waals surface area contributed by atoms with E-state index < -0.39 is 5.41 Å². The molecule has 14 rings (SSSR count). The van der Waals surface area contributed by atoms with E-state index in [4.69, 9.17) is 0 Å². The van der Waals surface area contributed by atoms with Crippen molar-refractivity contribution < 1.29 is 0 Å². The highest BCUT2D eigenvalue weighted by Crippen LogP contribution is 2.59. The van der Waals surface area contributed by atoms with E-state index in [1.807, 2.05) is 0 Å². The van der Waals surface area contributed by atoms with Crippen LogP contribution in [-0.2, 0) is 5.41 Å². The van der Waals surface area contributed by atoms with Crippen molar-refractivity contribution in [3.63, 3.8) is 0 Å². The van der Waals surface area contributed by atoms with Gasteiger partial charge in [-0.1, -0.05) is 218 Å². The second-order valence-electron chi connectivity index (χ2n) is 18.4. The van der Waals surface area contributed by atoms with Gasteiger partial charge in [0.05, 0.1) is 28.2 Å². The third kappa shape index (κ3) is 5.92. The Morgan fingerprint density at radius 3 is 0.855 bits per heavy atom. The maximum Gasteiger partial charge on any atom is 0.0715 e. The lowest BCUT2D eigenvalue weighted by Gasteiger charge is -2.36. The van der Waals surface area contributed by atoms with E-state index in [1.54, 1.807) is 0 Å². The molecule has 0 atom stereocenters. The topological polar surface area (TPSA) is 6.48 Å². The molecule has 2 nitrogen and oxygen atoms in total. The molecule has 0 N–H and O–H groups in total. The predicted molar refractivity (Wildman–Crippen MR) is 293 cm³/mol. The number of nitrogens with zero attached hydrogens (tertiary/aromatic N) is 2. The Morgan fingerprint density at radius 1 is 0.232 bits per heavy atom. The molecule has 0 bridgehead atoms. The maximum atomic E-state index is 2.53. The molecule has 0 saturated carbocycles. The molecule has 0 spiro atoms.